The maximum Gasteiger partial charge on any atom is 0.224 e. The third kappa shape index (κ3) is 2.85. The standard InChI is InChI=1S/C14H16N2O/c1-14(2)8-12(14)16-13(17)7-10-3-5-11(9-15)6-4-10/h3-6,12H,7-8H2,1-2H3,(H,16,17). The number of carbonyl (C=O) groups is 1. The summed E-state index contributed by atoms with van der Waals surface area (Å²) in [6.45, 7) is 4.30. The minimum Gasteiger partial charge on any atom is -0.353 e. The van der Waals surface area contributed by atoms with Gasteiger partial charge in [0.2, 0.25) is 5.91 Å². The summed E-state index contributed by atoms with van der Waals surface area (Å²) in [6, 6.07) is 9.53. The minimum absolute atomic E-state index is 0.0604. The van der Waals surface area contributed by atoms with Crippen LogP contribution < -0.4 is 5.32 Å². The highest BCUT2D eigenvalue weighted by molar-refractivity contribution is 5.79. The quantitative estimate of drug-likeness (QED) is 0.860. The van der Waals surface area contributed by atoms with Crippen molar-refractivity contribution in [3.8, 4) is 6.07 Å². The van der Waals surface area contributed by atoms with Crippen molar-refractivity contribution < 1.29 is 4.79 Å². The lowest BCUT2D eigenvalue weighted by molar-refractivity contribution is -0.120. The molecule has 1 N–H and O–H groups in total. The molecule has 1 saturated carbocycles. The molecule has 2 rings (SSSR count). The fourth-order valence-electron chi connectivity index (χ4n) is 1.84. The largest absolute Gasteiger partial charge is 0.353 e. The first-order valence-electron chi connectivity index (χ1n) is 5.80. The van der Waals surface area contributed by atoms with E-state index < -0.39 is 0 Å². The van der Waals surface area contributed by atoms with Gasteiger partial charge in [0, 0.05) is 6.04 Å². The zero-order valence-electron chi connectivity index (χ0n) is 10.2. The molecule has 3 heteroatoms. The highest BCUT2D eigenvalue weighted by Crippen LogP contribution is 2.44. The second-order valence-corrected chi connectivity index (χ2v) is 5.30. The summed E-state index contributed by atoms with van der Waals surface area (Å²) in [5, 5.41) is 11.7. The van der Waals surface area contributed by atoms with E-state index in [9.17, 15) is 4.79 Å². The predicted octanol–water partition coefficient (Wildman–Crippen LogP) is 2.02. The van der Waals surface area contributed by atoms with Crippen LogP contribution in [0.5, 0.6) is 0 Å². The fraction of sp³-hybridized carbons (Fsp3) is 0.429. The van der Waals surface area contributed by atoms with Gasteiger partial charge in [0.25, 0.3) is 0 Å². The molecule has 0 heterocycles. The van der Waals surface area contributed by atoms with Crippen LogP contribution in [0.3, 0.4) is 0 Å². The van der Waals surface area contributed by atoms with Crippen LogP contribution in [-0.4, -0.2) is 11.9 Å². The minimum atomic E-state index is 0.0604. The van der Waals surface area contributed by atoms with Gasteiger partial charge in [0.1, 0.15) is 0 Å². The molecule has 1 aliphatic rings. The maximum atomic E-state index is 11.7. The summed E-state index contributed by atoms with van der Waals surface area (Å²) in [7, 11) is 0. The number of benzene rings is 1. The van der Waals surface area contributed by atoms with E-state index in [0.717, 1.165) is 12.0 Å². The summed E-state index contributed by atoms with van der Waals surface area (Å²) in [4.78, 5) is 11.7. The fourth-order valence-corrected chi connectivity index (χ4v) is 1.84. The first-order valence-corrected chi connectivity index (χ1v) is 5.80. The van der Waals surface area contributed by atoms with Gasteiger partial charge < -0.3 is 5.32 Å². The molecule has 1 aromatic carbocycles. The average Bonchev–Trinajstić information content (AvgIpc) is 2.86. The lowest BCUT2D eigenvalue weighted by atomic mass is 10.1. The lowest BCUT2D eigenvalue weighted by Crippen LogP contribution is -2.29. The molecule has 0 spiro atoms. The molecule has 0 bridgehead atoms. The number of amides is 1. The van der Waals surface area contributed by atoms with Crippen molar-refractivity contribution in [2.24, 2.45) is 5.41 Å². The van der Waals surface area contributed by atoms with Crippen LogP contribution in [0.4, 0.5) is 0 Å². The number of hydrogen-bond acceptors (Lipinski definition) is 2. The van der Waals surface area contributed by atoms with Crippen molar-refractivity contribution in [1.29, 1.82) is 5.26 Å². The molecular weight excluding hydrogens is 212 g/mol. The van der Waals surface area contributed by atoms with Crippen molar-refractivity contribution in [1.82, 2.24) is 5.32 Å². The molecule has 1 amide bonds. The van der Waals surface area contributed by atoms with Gasteiger partial charge in [-0.3, -0.25) is 4.79 Å². The van der Waals surface area contributed by atoms with E-state index in [0.29, 0.717) is 18.0 Å². The summed E-state index contributed by atoms with van der Waals surface area (Å²) in [6.07, 6.45) is 1.45. The molecule has 88 valence electrons. The van der Waals surface area contributed by atoms with Gasteiger partial charge in [0.15, 0.2) is 0 Å². The van der Waals surface area contributed by atoms with Crippen LogP contribution in [0.1, 0.15) is 31.4 Å². The lowest BCUT2D eigenvalue weighted by Gasteiger charge is -2.06. The van der Waals surface area contributed by atoms with E-state index in [1.165, 1.54) is 0 Å². The van der Waals surface area contributed by atoms with Gasteiger partial charge in [-0.15, -0.1) is 0 Å². The molecule has 0 aliphatic heterocycles. The zero-order chi connectivity index (χ0) is 12.5. The monoisotopic (exact) mass is 228 g/mol. The van der Waals surface area contributed by atoms with Gasteiger partial charge in [-0.25, -0.2) is 0 Å². The second kappa shape index (κ2) is 4.21. The summed E-state index contributed by atoms with van der Waals surface area (Å²) in [5.41, 5.74) is 1.83. The van der Waals surface area contributed by atoms with E-state index in [1.54, 1.807) is 12.1 Å². The van der Waals surface area contributed by atoms with E-state index in [1.807, 2.05) is 12.1 Å². The van der Waals surface area contributed by atoms with E-state index in [-0.39, 0.29) is 11.3 Å². The van der Waals surface area contributed by atoms with Crippen LogP contribution in [-0.2, 0) is 11.2 Å². The summed E-state index contributed by atoms with van der Waals surface area (Å²) < 4.78 is 0. The Labute approximate surface area is 101 Å². The molecular formula is C14H16N2O. The highest BCUT2D eigenvalue weighted by Gasteiger charge is 2.46. The van der Waals surface area contributed by atoms with Crippen molar-refractivity contribution in [3.63, 3.8) is 0 Å². The predicted molar refractivity (Wildman–Crippen MR) is 65.2 cm³/mol. The number of carbonyl (C=O) groups excluding carboxylic acids is 1. The Balaban J connectivity index is 1.88. The van der Waals surface area contributed by atoms with Gasteiger partial charge in [-0.05, 0) is 29.5 Å². The molecule has 1 aliphatic carbocycles. The molecule has 0 aromatic heterocycles. The number of nitrogens with zero attached hydrogens (tertiary/aromatic N) is 1. The van der Waals surface area contributed by atoms with Crippen LogP contribution in [0.25, 0.3) is 0 Å². The summed E-state index contributed by atoms with van der Waals surface area (Å²) >= 11 is 0. The van der Waals surface area contributed by atoms with Crippen LogP contribution in [0.2, 0.25) is 0 Å². The van der Waals surface area contributed by atoms with Gasteiger partial charge in [-0.1, -0.05) is 26.0 Å². The molecule has 1 atom stereocenters. The molecule has 0 saturated heterocycles. The van der Waals surface area contributed by atoms with Crippen LogP contribution in [0, 0.1) is 16.7 Å². The van der Waals surface area contributed by atoms with Crippen molar-refractivity contribution in [3.05, 3.63) is 35.4 Å². The Morgan fingerprint density at radius 3 is 2.53 bits per heavy atom. The topological polar surface area (TPSA) is 52.9 Å². The Kier molecular flexibility index (Phi) is 2.89. The van der Waals surface area contributed by atoms with Crippen molar-refractivity contribution >= 4 is 5.91 Å². The smallest absolute Gasteiger partial charge is 0.224 e. The third-order valence-electron chi connectivity index (χ3n) is 3.30. The third-order valence-corrected chi connectivity index (χ3v) is 3.30. The van der Waals surface area contributed by atoms with Crippen molar-refractivity contribution in [2.45, 2.75) is 32.7 Å². The number of hydrogen-bond donors (Lipinski definition) is 1. The number of nitrogens with one attached hydrogen (secondary N) is 1. The number of nitriles is 1. The average molecular weight is 228 g/mol. The van der Waals surface area contributed by atoms with Gasteiger partial charge in [-0.2, -0.15) is 5.26 Å². The van der Waals surface area contributed by atoms with E-state index >= 15 is 0 Å². The molecule has 3 nitrogen and oxygen atoms in total. The second-order valence-electron chi connectivity index (χ2n) is 5.30. The normalized spacial score (nSPS) is 20.4. The highest BCUT2D eigenvalue weighted by atomic mass is 16.1. The SMILES string of the molecule is CC1(C)CC1NC(=O)Cc1ccc(C#N)cc1. The zero-order valence-corrected chi connectivity index (χ0v) is 10.2. The molecule has 1 aromatic rings. The molecule has 1 unspecified atom stereocenters. The van der Waals surface area contributed by atoms with E-state index in [4.69, 9.17) is 5.26 Å². The Morgan fingerprint density at radius 1 is 1.47 bits per heavy atom. The molecule has 1 fully saturated rings. The first-order chi connectivity index (χ1) is 8.01. The Bertz CT molecular complexity index is 468. The van der Waals surface area contributed by atoms with Gasteiger partial charge in [0.05, 0.1) is 18.1 Å². The summed E-state index contributed by atoms with van der Waals surface area (Å²) in [5.74, 6) is 0.0604. The maximum absolute atomic E-state index is 11.7. The first kappa shape index (κ1) is 11.7. The number of rotatable bonds is 3. The van der Waals surface area contributed by atoms with Gasteiger partial charge >= 0.3 is 0 Å². The molecule has 17 heavy (non-hydrogen) atoms. The van der Waals surface area contributed by atoms with E-state index in [2.05, 4.69) is 25.2 Å². The van der Waals surface area contributed by atoms with Crippen LogP contribution in [0.15, 0.2) is 24.3 Å². The Morgan fingerprint density at radius 2 is 2.06 bits per heavy atom. The molecule has 0 radical (unpaired) electrons. The van der Waals surface area contributed by atoms with Crippen LogP contribution >= 0.6 is 0 Å². The van der Waals surface area contributed by atoms with Crippen molar-refractivity contribution in [2.75, 3.05) is 0 Å². The Hall–Kier alpha value is -1.82.